The van der Waals surface area contributed by atoms with Crippen molar-refractivity contribution in [2.75, 3.05) is 6.54 Å². The minimum atomic E-state index is 0.525. The SMILES string of the molecule is Cn1cnnc1SC1CC(c2ccccc2)CCC1CN. The molecular weight excluding hydrogens is 280 g/mol. The van der Waals surface area contributed by atoms with Gasteiger partial charge in [0.2, 0.25) is 0 Å². The lowest BCUT2D eigenvalue weighted by atomic mass is 9.78. The number of aromatic nitrogens is 3. The Kier molecular flexibility index (Phi) is 4.60. The Morgan fingerprint density at radius 2 is 2.10 bits per heavy atom. The van der Waals surface area contributed by atoms with E-state index in [9.17, 15) is 0 Å². The van der Waals surface area contributed by atoms with Crippen LogP contribution in [0.5, 0.6) is 0 Å². The smallest absolute Gasteiger partial charge is 0.191 e. The van der Waals surface area contributed by atoms with E-state index >= 15 is 0 Å². The third-order valence-corrected chi connectivity index (χ3v) is 5.89. The molecule has 0 amide bonds. The summed E-state index contributed by atoms with van der Waals surface area (Å²) in [5.41, 5.74) is 7.44. The van der Waals surface area contributed by atoms with Gasteiger partial charge in [-0.3, -0.25) is 0 Å². The molecule has 3 rings (SSSR count). The van der Waals surface area contributed by atoms with Gasteiger partial charge in [-0.05, 0) is 43.2 Å². The van der Waals surface area contributed by atoms with E-state index in [2.05, 4.69) is 40.5 Å². The lowest BCUT2D eigenvalue weighted by Gasteiger charge is -2.35. The summed E-state index contributed by atoms with van der Waals surface area (Å²) in [4.78, 5) is 0. The second-order valence-corrected chi connectivity index (χ2v) is 7.00. The molecule has 2 aromatic rings. The summed E-state index contributed by atoms with van der Waals surface area (Å²) in [7, 11) is 2.00. The van der Waals surface area contributed by atoms with Crippen molar-refractivity contribution in [3.63, 3.8) is 0 Å². The molecular formula is C16H22N4S. The average molecular weight is 302 g/mol. The maximum absolute atomic E-state index is 5.99. The van der Waals surface area contributed by atoms with Gasteiger partial charge in [0, 0.05) is 12.3 Å². The highest BCUT2D eigenvalue weighted by Gasteiger charge is 2.32. The van der Waals surface area contributed by atoms with Crippen LogP contribution in [0.4, 0.5) is 0 Å². The Labute approximate surface area is 130 Å². The molecule has 0 saturated heterocycles. The van der Waals surface area contributed by atoms with Crippen LogP contribution in [-0.4, -0.2) is 26.6 Å². The van der Waals surface area contributed by atoms with E-state index in [0.717, 1.165) is 11.7 Å². The van der Waals surface area contributed by atoms with Crippen molar-refractivity contribution < 1.29 is 0 Å². The van der Waals surface area contributed by atoms with Gasteiger partial charge in [0.15, 0.2) is 5.16 Å². The molecule has 112 valence electrons. The monoisotopic (exact) mass is 302 g/mol. The molecule has 0 radical (unpaired) electrons. The molecule has 21 heavy (non-hydrogen) atoms. The van der Waals surface area contributed by atoms with Crippen molar-refractivity contribution in [2.24, 2.45) is 18.7 Å². The molecule has 3 atom stereocenters. The highest BCUT2D eigenvalue weighted by molar-refractivity contribution is 7.99. The second kappa shape index (κ2) is 6.62. The van der Waals surface area contributed by atoms with Crippen LogP contribution in [0, 0.1) is 5.92 Å². The maximum Gasteiger partial charge on any atom is 0.191 e. The van der Waals surface area contributed by atoms with Crippen LogP contribution < -0.4 is 5.73 Å². The van der Waals surface area contributed by atoms with Gasteiger partial charge in [-0.25, -0.2) is 0 Å². The minimum Gasteiger partial charge on any atom is -0.330 e. The maximum atomic E-state index is 5.99. The standard InChI is InChI=1S/C16H22N4S/c1-20-11-18-19-16(20)21-15-9-13(7-8-14(15)10-17)12-5-3-2-4-6-12/h2-6,11,13-15H,7-10,17H2,1H3. The van der Waals surface area contributed by atoms with Gasteiger partial charge in [-0.2, -0.15) is 0 Å². The van der Waals surface area contributed by atoms with Crippen molar-refractivity contribution in [2.45, 2.75) is 35.6 Å². The van der Waals surface area contributed by atoms with Crippen LogP contribution in [0.1, 0.15) is 30.7 Å². The molecule has 3 unspecified atom stereocenters. The first kappa shape index (κ1) is 14.6. The first-order chi connectivity index (χ1) is 10.3. The fourth-order valence-electron chi connectivity index (χ4n) is 3.15. The number of nitrogens with two attached hydrogens (primary N) is 1. The Balaban J connectivity index is 1.74. The molecule has 1 heterocycles. The Bertz CT molecular complexity index is 569. The topological polar surface area (TPSA) is 56.7 Å². The van der Waals surface area contributed by atoms with Gasteiger partial charge in [-0.15, -0.1) is 10.2 Å². The fraction of sp³-hybridized carbons (Fsp3) is 0.500. The Morgan fingerprint density at radius 3 is 2.76 bits per heavy atom. The van der Waals surface area contributed by atoms with Crippen molar-refractivity contribution >= 4 is 11.8 Å². The van der Waals surface area contributed by atoms with E-state index in [4.69, 9.17) is 5.73 Å². The molecule has 0 spiro atoms. The minimum absolute atomic E-state index is 0.525. The number of benzene rings is 1. The van der Waals surface area contributed by atoms with Crippen LogP contribution in [0.3, 0.4) is 0 Å². The largest absolute Gasteiger partial charge is 0.330 e. The molecule has 2 N–H and O–H groups in total. The number of hydrogen-bond acceptors (Lipinski definition) is 4. The van der Waals surface area contributed by atoms with E-state index in [1.165, 1.54) is 24.8 Å². The second-order valence-electron chi connectivity index (χ2n) is 5.80. The summed E-state index contributed by atoms with van der Waals surface area (Å²) in [6, 6.07) is 10.8. The third kappa shape index (κ3) is 3.30. The van der Waals surface area contributed by atoms with Crippen molar-refractivity contribution in [1.82, 2.24) is 14.8 Å². The summed E-state index contributed by atoms with van der Waals surface area (Å²) in [6.07, 6.45) is 5.37. The Hall–Kier alpha value is -1.33. The highest BCUT2D eigenvalue weighted by atomic mass is 32.2. The number of aryl methyl sites for hydroxylation is 1. The van der Waals surface area contributed by atoms with Gasteiger partial charge in [0.1, 0.15) is 6.33 Å². The molecule has 0 aliphatic heterocycles. The lowest BCUT2D eigenvalue weighted by Crippen LogP contribution is -2.32. The number of rotatable bonds is 4. The number of thioether (sulfide) groups is 1. The zero-order chi connectivity index (χ0) is 14.7. The molecule has 1 aromatic heterocycles. The highest BCUT2D eigenvalue weighted by Crippen LogP contribution is 2.42. The van der Waals surface area contributed by atoms with Gasteiger partial charge < -0.3 is 10.3 Å². The van der Waals surface area contributed by atoms with E-state index in [-0.39, 0.29) is 0 Å². The van der Waals surface area contributed by atoms with Gasteiger partial charge in [0.25, 0.3) is 0 Å². The summed E-state index contributed by atoms with van der Waals surface area (Å²) in [6.45, 7) is 0.761. The first-order valence-electron chi connectivity index (χ1n) is 7.53. The number of hydrogen-bond donors (Lipinski definition) is 1. The van der Waals surface area contributed by atoms with E-state index in [1.807, 2.05) is 23.4 Å². The molecule has 1 aliphatic carbocycles. The predicted molar refractivity (Wildman–Crippen MR) is 86.2 cm³/mol. The number of nitrogens with zero attached hydrogens (tertiary/aromatic N) is 3. The third-order valence-electron chi connectivity index (χ3n) is 4.43. The van der Waals surface area contributed by atoms with Gasteiger partial charge >= 0.3 is 0 Å². The molecule has 1 saturated carbocycles. The van der Waals surface area contributed by atoms with Crippen LogP contribution in [0.25, 0.3) is 0 Å². The van der Waals surface area contributed by atoms with Crippen molar-refractivity contribution in [3.05, 3.63) is 42.2 Å². The molecule has 1 fully saturated rings. The Morgan fingerprint density at radius 1 is 1.29 bits per heavy atom. The molecule has 4 nitrogen and oxygen atoms in total. The molecule has 1 aromatic carbocycles. The summed E-state index contributed by atoms with van der Waals surface area (Å²) in [5.74, 6) is 1.21. The quantitative estimate of drug-likeness (QED) is 0.943. The molecule has 5 heteroatoms. The lowest BCUT2D eigenvalue weighted by molar-refractivity contribution is 0.343. The first-order valence-corrected chi connectivity index (χ1v) is 8.41. The van der Waals surface area contributed by atoms with E-state index in [1.54, 1.807) is 6.33 Å². The molecule has 1 aliphatic rings. The average Bonchev–Trinajstić information content (AvgIpc) is 2.93. The van der Waals surface area contributed by atoms with Crippen molar-refractivity contribution in [1.29, 1.82) is 0 Å². The summed E-state index contributed by atoms with van der Waals surface area (Å²) >= 11 is 1.84. The van der Waals surface area contributed by atoms with Crippen molar-refractivity contribution in [3.8, 4) is 0 Å². The summed E-state index contributed by atoms with van der Waals surface area (Å²) < 4.78 is 1.99. The van der Waals surface area contributed by atoms with E-state index < -0.39 is 0 Å². The van der Waals surface area contributed by atoms with Gasteiger partial charge in [0.05, 0.1) is 0 Å². The molecule has 0 bridgehead atoms. The predicted octanol–water partition coefficient (Wildman–Crippen LogP) is 2.82. The van der Waals surface area contributed by atoms with Crippen LogP contribution in [0.2, 0.25) is 0 Å². The van der Waals surface area contributed by atoms with Crippen LogP contribution in [-0.2, 0) is 7.05 Å². The van der Waals surface area contributed by atoms with Gasteiger partial charge in [-0.1, -0.05) is 42.1 Å². The summed E-state index contributed by atoms with van der Waals surface area (Å²) in [5, 5.41) is 9.71. The zero-order valence-electron chi connectivity index (χ0n) is 12.4. The van der Waals surface area contributed by atoms with E-state index in [0.29, 0.717) is 17.1 Å². The zero-order valence-corrected chi connectivity index (χ0v) is 13.2. The van der Waals surface area contributed by atoms with Crippen LogP contribution in [0.15, 0.2) is 41.8 Å². The van der Waals surface area contributed by atoms with Crippen LogP contribution >= 0.6 is 11.8 Å². The normalized spacial score (nSPS) is 25.9. The fourth-order valence-corrected chi connectivity index (χ4v) is 4.50.